The van der Waals surface area contributed by atoms with Crippen LogP contribution in [0.15, 0.2) is 6.20 Å². The van der Waals surface area contributed by atoms with Gasteiger partial charge in [0.1, 0.15) is 0 Å². The molecule has 92 valence electrons. The first-order valence-electron chi connectivity index (χ1n) is 5.06. The zero-order chi connectivity index (χ0) is 12.8. The molecule has 0 atom stereocenters. The molecule has 0 saturated heterocycles. The highest BCUT2D eigenvalue weighted by molar-refractivity contribution is 5.88. The number of carbonyl (C=O) groups excluding carboxylic acids is 1. The van der Waals surface area contributed by atoms with Crippen LogP contribution < -0.4 is 10.6 Å². The summed E-state index contributed by atoms with van der Waals surface area (Å²) >= 11 is 0. The van der Waals surface area contributed by atoms with Crippen molar-refractivity contribution in [1.82, 2.24) is 15.3 Å². The molecule has 0 spiro atoms. The summed E-state index contributed by atoms with van der Waals surface area (Å²) in [6.45, 7) is 3.97. The lowest BCUT2D eigenvalue weighted by atomic mass is 10.2. The normalized spacial score (nSPS) is 9.76. The van der Waals surface area contributed by atoms with Crippen molar-refractivity contribution in [3.8, 4) is 0 Å². The molecule has 0 saturated carbocycles. The average molecular weight is 238 g/mol. The first kappa shape index (κ1) is 12.9. The van der Waals surface area contributed by atoms with Crippen molar-refractivity contribution in [2.24, 2.45) is 0 Å². The zero-order valence-electron chi connectivity index (χ0n) is 9.65. The maximum Gasteiger partial charge on any atom is 0.339 e. The van der Waals surface area contributed by atoms with Crippen LogP contribution in [-0.2, 0) is 4.79 Å². The molecule has 17 heavy (non-hydrogen) atoms. The van der Waals surface area contributed by atoms with E-state index in [1.807, 2.05) is 0 Å². The molecule has 0 aliphatic heterocycles. The molecule has 1 amide bonds. The predicted octanol–water partition coefficient (Wildman–Crippen LogP) is 0.0312. The molecule has 1 aromatic heterocycles. The highest BCUT2D eigenvalue weighted by atomic mass is 16.4. The minimum atomic E-state index is -1.05. The molecule has 7 nitrogen and oxygen atoms in total. The van der Waals surface area contributed by atoms with Gasteiger partial charge in [-0.05, 0) is 6.92 Å². The Bertz CT molecular complexity index is 434. The maximum absolute atomic E-state index is 10.7. The number of amides is 1. The molecule has 1 heterocycles. The number of carboxylic acids is 1. The molecule has 1 rings (SSSR count). The molecule has 7 heteroatoms. The third-order valence-electron chi connectivity index (χ3n) is 1.99. The number of carbonyl (C=O) groups is 2. The van der Waals surface area contributed by atoms with E-state index < -0.39 is 5.97 Å². The van der Waals surface area contributed by atoms with Crippen LogP contribution in [0, 0.1) is 6.92 Å². The Morgan fingerprint density at radius 1 is 1.41 bits per heavy atom. The van der Waals surface area contributed by atoms with Gasteiger partial charge in [0.25, 0.3) is 0 Å². The lowest BCUT2D eigenvalue weighted by molar-refractivity contribution is -0.118. The number of hydrogen-bond donors (Lipinski definition) is 3. The number of nitrogens with zero attached hydrogens (tertiary/aromatic N) is 2. The highest BCUT2D eigenvalue weighted by Gasteiger charge is 2.09. The van der Waals surface area contributed by atoms with Gasteiger partial charge in [-0.2, -0.15) is 0 Å². The van der Waals surface area contributed by atoms with Crippen molar-refractivity contribution in [3.05, 3.63) is 17.5 Å². The van der Waals surface area contributed by atoms with Gasteiger partial charge in [-0.3, -0.25) is 4.79 Å². The minimum Gasteiger partial charge on any atom is -0.478 e. The van der Waals surface area contributed by atoms with Gasteiger partial charge >= 0.3 is 5.97 Å². The summed E-state index contributed by atoms with van der Waals surface area (Å²) in [5.74, 6) is -0.810. The van der Waals surface area contributed by atoms with Crippen LogP contribution in [0.1, 0.15) is 23.0 Å². The Morgan fingerprint density at radius 2 is 2.12 bits per heavy atom. The Balaban J connectivity index is 2.53. The van der Waals surface area contributed by atoms with E-state index in [0.717, 1.165) is 0 Å². The van der Waals surface area contributed by atoms with Crippen LogP contribution in [0.5, 0.6) is 0 Å². The van der Waals surface area contributed by atoms with Crippen molar-refractivity contribution in [2.45, 2.75) is 13.8 Å². The zero-order valence-corrected chi connectivity index (χ0v) is 9.65. The molecule has 0 aliphatic carbocycles. The van der Waals surface area contributed by atoms with Crippen molar-refractivity contribution in [1.29, 1.82) is 0 Å². The quantitative estimate of drug-likeness (QED) is 0.625. The summed E-state index contributed by atoms with van der Waals surface area (Å²) in [6.07, 6.45) is 1.26. The number of nitrogens with one attached hydrogen (secondary N) is 2. The third kappa shape index (κ3) is 4.06. The molecular formula is C10H14N4O3. The third-order valence-corrected chi connectivity index (χ3v) is 1.99. The fourth-order valence-electron chi connectivity index (χ4n) is 1.18. The standard InChI is InChI=1S/C10H14N4O3/c1-6-8(9(16)17)5-13-10(14-6)12-4-3-11-7(2)15/h5H,3-4H2,1-2H3,(H,11,15)(H,16,17)(H,12,13,14). The fourth-order valence-corrected chi connectivity index (χ4v) is 1.18. The molecule has 0 bridgehead atoms. The molecule has 3 N–H and O–H groups in total. The Labute approximate surface area is 98.3 Å². The van der Waals surface area contributed by atoms with Crippen LogP contribution in [-0.4, -0.2) is 40.0 Å². The number of aryl methyl sites for hydroxylation is 1. The van der Waals surface area contributed by atoms with Gasteiger partial charge in [0.15, 0.2) is 0 Å². The monoisotopic (exact) mass is 238 g/mol. The molecule has 0 fully saturated rings. The topological polar surface area (TPSA) is 104 Å². The molecule has 0 unspecified atom stereocenters. The second-order valence-corrected chi connectivity index (χ2v) is 3.41. The van der Waals surface area contributed by atoms with E-state index in [1.165, 1.54) is 13.1 Å². The Morgan fingerprint density at radius 3 is 2.65 bits per heavy atom. The second kappa shape index (κ2) is 5.78. The molecule has 1 aromatic rings. The van der Waals surface area contributed by atoms with E-state index in [1.54, 1.807) is 6.92 Å². The van der Waals surface area contributed by atoms with Gasteiger partial charge in [-0.15, -0.1) is 0 Å². The first-order valence-corrected chi connectivity index (χ1v) is 5.06. The summed E-state index contributed by atoms with van der Waals surface area (Å²) in [5, 5.41) is 14.3. The van der Waals surface area contributed by atoms with Gasteiger partial charge in [0.2, 0.25) is 11.9 Å². The summed E-state index contributed by atoms with van der Waals surface area (Å²) in [5.41, 5.74) is 0.479. The number of rotatable bonds is 5. The number of anilines is 1. The van der Waals surface area contributed by atoms with Gasteiger partial charge in [-0.1, -0.05) is 0 Å². The SMILES string of the molecule is CC(=O)NCCNc1ncc(C(=O)O)c(C)n1. The minimum absolute atomic E-state index is 0.0809. The van der Waals surface area contributed by atoms with Crippen LogP contribution in [0.3, 0.4) is 0 Å². The fraction of sp³-hybridized carbons (Fsp3) is 0.400. The van der Waals surface area contributed by atoms with Gasteiger partial charge in [0.05, 0.1) is 11.3 Å². The van der Waals surface area contributed by atoms with Crippen molar-refractivity contribution < 1.29 is 14.7 Å². The lowest BCUT2D eigenvalue weighted by Gasteiger charge is -2.06. The number of carboxylic acid groups (broad SMARTS) is 1. The molecule has 0 aromatic carbocycles. The van der Waals surface area contributed by atoms with E-state index in [0.29, 0.717) is 24.7 Å². The molecular weight excluding hydrogens is 224 g/mol. The number of hydrogen-bond acceptors (Lipinski definition) is 5. The lowest BCUT2D eigenvalue weighted by Crippen LogP contribution is -2.26. The predicted molar refractivity (Wildman–Crippen MR) is 60.9 cm³/mol. The van der Waals surface area contributed by atoms with E-state index in [4.69, 9.17) is 5.11 Å². The van der Waals surface area contributed by atoms with Gasteiger partial charge in [0, 0.05) is 26.2 Å². The summed E-state index contributed by atoms with van der Waals surface area (Å²) in [6, 6.07) is 0. The maximum atomic E-state index is 10.7. The van der Waals surface area contributed by atoms with Crippen molar-refractivity contribution in [3.63, 3.8) is 0 Å². The summed E-state index contributed by atoms with van der Waals surface area (Å²) in [4.78, 5) is 29.2. The van der Waals surface area contributed by atoms with Crippen LogP contribution in [0.25, 0.3) is 0 Å². The van der Waals surface area contributed by atoms with Crippen molar-refractivity contribution in [2.75, 3.05) is 18.4 Å². The largest absolute Gasteiger partial charge is 0.478 e. The Kier molecular flexibility index (Phi) is 4.38. The summed E-state index contributed by atoms with van der Waals surface area (Å²) < 4.78 is 0. The molecule has 0 aliphatic rings. The van der Waals surface area contributed by atoms with Crippen molar-refractivity contribution >= 4 is 17.8 Å². The number of aromatic nitrogens is 2. The van der Waals surface area contributed by atoms with E-state index >= 15 is 0 Å². The Hall–Kier alpha value is -2.18. The van der Waals surface area contributed by atoms with Crippen LogP contribution in [0.2, 0.25) is 0 Å². The summed E-state index contributed by atoms with van der Waals surface area (Å²) in [7, 11) is 0. The average Bonchev–Trinajstić information content (AvgIpc) is 2.23. The second-order valence-electron chi connectivity index (χ2n) is 3.41. The first-order chi connectivity index (χ1) is 8.00. The molecule has 0 radical (unpaired) electrons. The van der Waals surface area contributed by atoms with Crippen LogP contribution >= 0.6 is 0 Å². The highest BCUT2D eigenvalue weighted by Crippen LogP contribution is 2.06. The van der Waals surface area contributed by atoms with E-state index in [9.17, 15) is 9.59 Å². The van der Waals surface area contributed by atoms with Crippen LogP contribution in [0.4, 0.5) is 5.95 Å². The van der Waals surface area contributed by atoms with E-state index in [2.05, 4.69) is 20.6 Å². The van der Waals surface area contributed by atoms with Gasteiger partial charge < -0.3 is 15.7 Å². The van der Waals surface area contributed by atoms with E-state index in [-0.39, 0.29) is 11.5 Å². The van der Waals surface area contributed by atoms with Gasteiger partial charge in [-0.25, -0.2) is 14.8 Å². The number of aromatic carboxylic acids is 1. The smallest absolute Gasteiger partial charge is 0.339 e.